The lowest BCUT2D eigenvalue weighted by Gasteiger charge is -2.13. The maximum atomic E-state index is 13.5. The number of carboxylic acid groups (broad SMARTS) is 1. The zero-order valence-electron chi connectivity index (χ0n) is 10.4. The van der Waals surface area contributed by atoms with E-state index in [4.69, 9.17) is 10.2 Å². The minimum atomic E-state index is -1.50. The Balaban J connectivity index is 3.05. The summed E-state index contributed by atoms with van der Waals surface area (Å²) in [7, 11) is 0. The molecule has 0 aliphatic carbocycles. The number of halogens is 2. The van der Waals surface area contributed by atoms with Crippen LogP contribution in [0.2, 0.25) is 0 Å². The fourth-order valence-electron chi connectivity index (χ4n) is 1.47. The summed E-state index contributed by atoms with van der Waals surface area (Å²) >= 11 is 0. The molecule has 0 spiro atoms. The number of carbonyl (C=O) groups excluding carboxylic acids is 1. The van der Waals surface area contributed by atoms with Crippen molar-refractivity contribution in [2.45, 2.75) is 12.5 Å². The molecule has 1 rings (SSSR count). The first-order valence-corrected chi connectivity index (χ1v) is 5.56. The molecule has 1 aromatic rings. The summed E-state index contributed by atoms with van der Waals surface area (Å²) in [6.45, 7) is -0.547. The van der Waals surface area contributed by atoms with Crippen LogP contribution in [0.3, 0.4) is 0 Å². The number of carboxylic acids is 1. The third-order valence-corrected chi connectivity index (χ3v) is 2.50. The SMILES string of the molecule is O=C(N[C@@H](CCO)C(=O)O)c1cc(F)c([N+](=O)[O-])cc1F. The van der Waals surface area contributed by atoms with E-state index in [0.717, 1.165) is 0 Å². The van der Waals surface area contributed by atoms with Crippen molar-refractivity contribution in [3.05, 3.63) is 39.4 Å². The van der Waals surface area contributed by atoms with Crippen molar-refractivity contribution in [3.8, 4) is 0 Å². The Morgan fingerprint density at radius 2 is 1.95 bits per heavy atom. The van der Waals surface area contributed by atoms with E-state index in [1.807, 2.05) is 5.32 Å². The number of amides is 1. The lowest BCUT2D eigenvalue weighted by Crippen LogP contribution is -2.41. The molecular formula is C11H10F2N2O6. The predicted molar refractivity (Wildman–Crippen MR) is 63.6 cm³/mol. The molecule has 0 bridgehead atoms. The van der Waals surface area contributed by atoms with Gasteiger partial charge in [0.15, 0.2) is 0 Å². The van der Waals surface area contributed by atoms with Crippen LogP contribution in [0.1, 0.15) is 16.8 Å². The molecule has 0 unspecified atom stereocenters. The number of aliphatic hydroxyl groups is 1. The zero-order chi connectivity index (χ0) is 16.2. The van der Waals surface area contributed by atoms with Crippen molar-refractivity contribution in [3.63, 3.8) is 0 Å². The summed E-state index contributed by atoms with van der Waals surface area (Å²) in [6.07, 6.45) is -0.335. The molecule has 114 valence electrons. The lowest BCUT2D eigenvalue weighted by atomic mass is 10.1. The molecule has 0 heterocycles. The van der Waals surface area contributed by atoms with Crippen LogP contribution < -0.4 is 5.32 Å². The van der Waals surface area contributed by atoms with Crippen LogP contribution in [0.15, 0.2) is 12.1 Å². The molecule has 0 aromatic heterocycles. The standard InChI is InChI=1S/C11H10F2N2O6/c12-6-4-9(15(20)21)7(13)3-5(6)10(17)14-8(1-2-16)11(18)19/h3-4,8,16H,1-2H2,(H,14,17)(H,18,19)/t8-/m0/s1. The Hall–Kier alpha value is -2.62. The van der Waals surface area contributed by atoms with Gasteiger partial charge in [-0.3, -0.25) is 14.9 Å². The molecule has 1 atom stereocenters. The summed E-state index contributed by atoms with van der Waals surface area (Å²) in [6, 6.07) is -0.965. The monoisotopic (exact) mass is 304 g/mol. The Morgan fingerprint density at radius 1 is 1.33 bits per heavy atom. The van der Waals surface area contributed by atoms with Gasteiger partial charge in [0.1, 0.15) is 11.9 Å². The van der Waals surface area contributed by atoms with E-state index in [1.54, 1.807) is 0 Å². The number of benzene rings is 1. The third-order valence-electron chi connectivity index (χ3n) is 2.50. The Labute approximate surface area is 116 Å². The van der Waals surface area contributed by atoms with E-state index in [9.17, 15) is 28.5 Å². The second-order valence-electron chi connectivity index (χ2n) is 3.92. The Kier molecular flexibility index (Phi) is 5.24. The number of aliphatic hydroxyl groups excluding tert-OH is 1. The molecule has 21 heavy (non-hydrogen) atoms. The van der Waals surface area contributed by atoms with E-state index < -0.39 is 52.3 Å². The highest BCUT2D eigenvalue weighted by Crippen LogP contribution is 2.21. The average Bonchev–Trinajstić information content (AvgIpc) is 2.39. The predicted octanol–water partition coefficient (Wildman–Crippen LogP) is 0.438. The highest BCUT2D eigenvalue weighted by Gasteiger charge is 2.25. The van der Waals surface area contributed by atoms with Gasteiger partial charge in [-0.15, -0.1) is 0 Å². The topological polar surface area (TPSA) is 130 Å². The van der Waals surface area contributed by atoms with Crippen LogP contribution >= 0.6 is 0 Å². The van der Waals surface area contributed by atoms with E-state index in [-0.39, 0.29) is 12.5 Å². The molecule has 0 saturated heterocycles. The molecular weight excluding hydrogens is 294 g/mol. The van der Waals surface area contributed by atoms with Gasteiger partial charge in [0.2, 0.25) is 5.82 Å². The number of rotatable bonds is 6. The second-order valence-corrected chi connectivity index (χ2v) is 3.92. The number of hydrogen-bond donors (Lipinski definition) is 3. The molecule has 0 fully saturated rings. The normalized spacial score (nSPS) is 11.8. The second kappa shape index (κ2) is 6.70. The van der Waals surface area contributed by atoms with Crippen molar-refractivity contribution in [1.29, 1.82) is 0 Å². The Morgan fingerprint density at radius 3 is 2.43 bits per heavy atom. The molecule has 3 N–H and O–H groups in total. The highest BCUT2D eigenvalue weighted by atomic mass is 19.1. The number of nitrogens with zero attached hydrogens (tertiary/aromatic N) is 1. The molecule has 0 aliphatic heterocycles. The van der Waals surface area contributed by atoms with Gasteiger partial charge in [0.05, 0.1) is 16.6 Å². The Bertz CT molecular complexity index is 592. The molecule has 0 radical (unpaired) electrons. The third kappa shape index (κ3) is 3.92. The number of hydrogen-bond acceptors (Lipinski definition) is 5. The zero-order valence-corrected chi connectivity index (χ0v) is 10.4. The van der Waals surface area contributed by atoms with Crippen LogP contribution in [0.4, 0.5) is 14.5 Å². The lowest BCUT2D eigenvalue weighted by molar-refractivity contribution is -0.387. The van der Waals surface area contributed by atoms with Crippen molar-refractivity contribution >= 4 is 17.6 Å². The van der Waals surface area contributed by atoms with Gasteiger partial charge in [-0.25, -0.2) is 9.18 Å². The summed E-state index contributed by atoms with van der Waals surface area (Å²) in [4.78, 5) is 31.7. The van der Waals surface area contributed by atoms with Gasteiger partial charge in [-0.05, 0) is 6.07 Å². The van der Waals surface area contributed by atoms with Gasteiger partial charge < -0.3 is 15.5 Å². The molecule has 10 heteroatoms. The van der Waals surface area contributed by atoms with Gasteiger partial charge in [-0.2, -0.15) is 4.39 Å². The summed E-state index contributed by atoms with van der Waals surface area (Å²) in [5, 5.41) is 29.7. The first-order chi connectivity index (χ1) is 9.77. The minimum Gasteiger partial charge on any atom is -0.480 e. The van der Waals surface area contributed by atoms with Gasteiger partial charge >= 0.3 is 11.7 Å². The fraction of sp³-hybridized carbons (Fsp3) is 0.273. The first-order valence-electron chi connectivity index (χ1n) is 5.56. The van der Waals surface area contributed by atoms with E-state index in [0.29, 0.717) is 6.07 Å². The van der Waals surface area contributed by atoms with Crippen molar-refractivity contribution in [2.24, 2.45) is 0 Å². The maximum Gasteiger partial charge on any atom is 0.326 e. The van der Waals surface area contributed by atoms with Gasteiger partial charge in [0.25, 0.3) is 5.91 Å². The summed E-state index contributed by atoms with van der Waals surface area (Å²) < 4.78 is 26.9. The number of carbonyl (C=O) groups is 2. The van der Waals surface area contributed by atoms with Crippen LogP contribution in [-0.2, 0) is 4.79 Å². The largest absolute Gasteiger partial charge is 0.480 e. The quantitative estimate of drug-likeness (QED) is 0.516. The fourth-order valence-corrected chi connectivity index (χ4v) is 1.47. The molecule has 0 saturated carbocycles. The van der Waals surface area contributed by atoms with Gasteiger partial charge in [-0.1, -0.05) is 0 Å². The van der Waals surface area contributed by atoms with E-state index >= 15 is 0 Å². The number of aliphatic carboxylic acids is 1. The maximum absolute atomic E-state index is 13.5. The van der Waals surface area contributed by atoms with Crippen LogP contribution in [0.25, 0.3) is 0 Å². The van der Waals surface area contributed by atoms with Crippen LogP contribution in [0, 0.1) is 21.7 Å². The van der Waals surface area contributed by atoms with Crippen molar-refractivity contribution < 1.29 is 33.5 Å². The number of nitro groups is 1. The average molecular weight is 304 g/mol. The van der Waals surface area contributed by atoms with E-state index in [2.05, 4.69) is 0 Å². The van der Waals surface area contributed by atoms with Crippen LogP contribution in [0.5, 0.6) is 0 Å². The molecule has 0 aliphatic rings. The molecule has 1 aromatic carbocycles. The first kappa shape index (κ1) is 16.4. The van der Waals surface area contributed by atoms with Crippen LogP contribution in [-0.4, -0.2) is 39.7 Å². The smallest absolute Gasteiger partial charge is 0.326 e. The van der Waals surface area contributed by atoms with Crippen molar-refractivity contribution in [2.75, 3.05) is 6.61 Å². The van der Waals surface area contributed by atoms with E-state index in [1.165, 1.54) is 0 Å². The summed E-state index contributed by atoms with van der Waals surface area (Å²) in [5.41, 5.74) is -2.02. The molecule has 8 nitrogen and oxygen atoms in total. The summed E-state index contributed by atoms with van der Waals surface area (Å²) in [5.74, 6) is -5.53. The number of nitro benzene ring substituents is 1. The van der Waals surface area contributed by atoms with Crippen molar-refractivity contribution in [1.82, 2.24) is 5.32 Å². The minimum absolute atomic E-state index is 0.228. The molecule has 1 amide bonds. The highest BCUT2D eigenvalue weighted by molar-refractivity contribution is 5.97. The van der Waals surface area contributed by atoms with Gasteiger partial charge in [0, 0.05) is 13.0 Å². The number of nitrogens with one attached hydrogen (secondary N) is 1.